The van der Waals surface area contributed by atoms with E-state index in [4.69, 9.17) is 19.9 Å². The van der Waals surface area contributed by atoms with Crippen molar-refractivity contribution >= 4 is 17.1 Å². The summed E-state index contributed by atoms with van der Waals surface area (Å²) in [5.41, 5.74) is 8.30. The van der Waals surface area contributed by atoms with Crippen LogP contribution in [-0.2, 0) is 0 Å². The fraction of sp³-hybridized carbons (Fsp3) is 0.200. The molecule has 0 fully saturated rings. The zero-order valence-electron chi connectivity index (χ0n) is 11.2. The Bertz CT molecular complexity index is 629. The van der Waals surface area contributed by atoms with Gasteiger partial charge in [-0.2, -0.15) is 0 Å². The summed E-state index contributed by atoms with van der Waals surface area (Å²) < 4.78 is 16.1. The van der Waals surface area contributed by atoms with Gasteiger partial charge >= 0.3 is 0 Å². The Morgan fingerprint density at radius 2 is 1.85 bits per heavy atom. The highest BCUT2D eigenvalue weighted by atomic mass is 16.7. The summed E-state index contributed by atoms with van der Waals surface area (Å²) in [7, 11) is 0. The topological polar surface area (TPSA) is 65.7 Å². The van der Waals surface area contributed by atoms with E-state index in [2.05, 4.69) is 5.32 Å². The number of fused-ring (bicyclic) bond motifs is 1. The third kappa shape index (κ3) is 2.42. The Kier molecular flexibility index (Phi) is 3.25. The summed E-state index contributed by atoms with van der Waals surface area (Å²) in [5.74, 6) is 2.19. The number of hydrogen-bond acceptors (Lipinski definition) is 5. The number of rotatable bonds is 4. The molecular weight excluding hydrogens is 256 g/mol. The first-order chi connectivity index (χ1) is 9.76. The number of ether oxygens (including phenoxy) is 3. The van der Waals surface area contributed by atoms with Crippen LogP contribution >= 0.6 is 0 Å². The summed E-state index contributed by atoms with van der Waals surface area (Å²) in [6.07, 6.45) is 0. The molecule has 0 spiro atoms. The fourth-order valence-electron chi connectivity index (χ4n) is 2.03. The van der Waals surface area contributed by atoms with Crippen molar-refractivity contribution < 1.29 is 14.2 Å². The van der Waals surface area contributed by atoms with Gasteiger partial charge in [-0.3, -0.25) is 0 Å². The number of nitrogen functional groups attached to an aromatic ring is 1. The highest BCUT2D eigenvalue weighted by Gasteiger charge is 2.13. The van der Waals surface area contributed by atoms with Crippen LogP contribution in [0.2, 0.25) is 0 Å². The maximum absolute atomic E-state index is 5.85. The van der Waals surface area contributed by atoms with Crippen LogP contribution in [-0.4, -0.2) is 13.4 Å². The lowest BCUT2D eigenvalue weighted by Crippen LogP contribution is -1.98. The Balaban J connectivity index is 1.82. The van der Waals surface area contributed by atoms with Crippen molar-refractivity contribution in [3.05, 3.63) is 36.4 Å². The lowest BCUT2D eigenvalue weighted by atomic mass is 10.2. The van der Waals surface area contributed by atoms with Crippen LogP contribution in [0.25, 0.3) is 0 Å². The standard InChI is InChI=1S/C15H16N2O3/c1-2-18-14-7-10(3-5-12(14)16)17-11-4-6-13-15(8-11)20-9-19-13/h3-8,17H,2,9,16H2,1H3. The minimum absolute atomic E-state index is 0.273. The Morgan fingerprint density at radius 3 is 2.70 bits per heavy atom. The molecule has 104 valence electrons. The average Bonchev–Trinajstić information content (AvgIpc) is 2.90. The highest BCUT2D eigenvalue weighted by Crippen LogP contribution is 2.35. The second-order valence-electron chi connectivity index (χ2n) is 4.38. The number of hydrogen-bond donors (Lipinski definition) is 2. The first kappa shape index (κ1) is 12.5. The zero-order chi connectivity index (χ0) is 13.9. The normalized spacial score (nSPS) is 12.2. The van der Waals surface area contributed by atoms with Gasteiger partial charge in [0.15, 0.2) is 11.5 Å². The third-order valence-electron chi connectivity index (χ3n) is 2.97. The number of benzene rings is 2. The minimum Gasteiger partial charge on any atom is -0.492 e. The Hall–Kier alpha value is -2.56. The summed E-state index contributed by atoms with van der Waals surface area (Å²) in [6.45, 7) is 2.78. The number of nitrogens with two attached hydrogens (primary N) is 1. The molecule has 0 saturated carbocycles. The van der Waals surface area contributed by atoms with Gasteiger partial charge in [0.2, 0.25) is 6.79 Å². The van der Waals surface area contributed by atoms with E-state index in [1.54, 1.807) is 0 Å². The summed E-state index contributed by atoms with van der Waals surface area (Å²) >= 11 is 0. The molecule has 1 aliphatic heterocycles. The zero-order valence-corrected chi connectivity index (χ0v) is 11.2. The molecule has 0 aliphatic carbocycles. The maximum atomic E-state index is 5.85. The van der Waals surface area contributed by atoms with E-state index in [1.807, 2.05) is 43.3 Å². The Morgan fingerprint density at radius 1 is 1.10 bits per heavy atom. The molecule has 1 aliphatic rings. The maximum Gasteiger partial charge on any atom is 0.231 e. The average molecular weight is 272 g/mol. The molecule has 1 heterocycles. The highest BCUT2D eigenvalue weighted by molar-refractivity contribution is 5.68. The summed E-state index contributed by atoms with van der Waals surface area (Å²) in [6, 6.07) is 11.3. The quantitative estimate of drug-likeness (QED) is 0.837. The molecule has 3 rings (SSSR count). The lowest BCUT2D eigenvalue weighted by Gasteiger charge is -2.11. The third-order valence-corrected chi connectivity index (χ3v) is 2.97. The van der Waals surface area contributed by atoms with Gasteiger partial charge in [-0.1, -0.05) is 0 Å². The van der Waals surface area contributed by atoms with E-state index >= 15 is 0 Å². The molecular formula is C15H16N2O3. The van der Waals surface area contributed by atoms with Crippen molar-refractivity contribution in [2.45, 2.75) is 6.92 Å². The molecule has 5 nitrogen and oxygen atoms in total. The lowest BCUT2D eigenvalue weighted by molar-refractivity contribution is 0.174. The Labute approximate surface area is 117 Å². The molecule has 2 aromatic carbocycles. The van der Waals surface area contributed by atoms with Gasteiger partial charge in [0.25, 0.3) is 0 Å². The van der Waals surface area contributed by atoms with Crippen molar-refractivity contribution in [1.29, 1.82) is 0 Å². The van der Waals surface area contributed by atoms with Crippen molar-refractivity contribution in [2.75, 3.05) is 24.5 Å². The smallest absolute Gasteiger partial charge is 0.231 e. The monoisotopic (exact) mass is 272 g/mol. The first-order valence-electron chi connectivity index (χ1n) is 6.45. The van der Waals surface area contributed by atoms with Crippen LogP contribution in [0.4, 0.5) is 17.1 Å². The predicted molar refractivity (Wildman–Crippen MR) is 77.9 cm³/mol. The van der Waals surface area contributed by atoms with E-state index in [1.165, 1.54) is 0 Å². The number of nitrogens with one attached hydrogen (secondary N) is 1. The van der Waals surface area contributed by atoms with E-state index < -0.39 is 0 Å². The minimum atomic E-state index is 0.273. The first-order valence-corrected chi connectivity index (χ1v) is 6.45. The molecule has 5 heteroatoms. The van der Waals surface area contributed by atoms with Gasteiger partial charge in [-0.15, -0.1) is 0 Å². The molecule has 20 heavy (non-hydrogen) atoms. The van der Waals surface area contributed by atoms with Crippen molar-refractivity contribution in [2.24, 2.45) is 0 Å². The predicted octanol–water partition coefficient (Wildman–Crippen LogP) is 3.14. The second kappa shape index (κ2) is 5.21. The van der Waals surface area contributed by atoms with Crippen molar-refractivity contribution in [3.63, 3.8) is 0 Å². The van der Waals surface area contributed by atoms with Crippen LogP contribution in [0.5, 0.6) is 17.2 Å². The largest absolute Gasteiger partial charge is 0.492 e. The van der Waals surface area contributed by atoms with Crippen LogP contribution in [0.3, 0.4) is 0 Å². The molecule has 0 aromatic heterocycles. The fourth-order valence-corrected chi connectivity index (χ4v) is 2.03. The van der Waals surface area contributed by atoms with Gasteiger partial charge < -0.3 is 25.3 Å². The summed E-state index contributed by atoms with van der Waals surface area (Å²) in [5, 5.41) is 3.29. The number of anilines is 3. The molecule has 2 aromatic rings. The molecule has 0 saturated heterocycles. The van der Waals surface area contributed by atoms with Crippen LogP contribution in [0.15, 0.2) is 36.4 Å². The summed E-state index contributed by atoms with van der Waals surface area (Å²) in [4.78, 5) is 0. The molecule has 0 atom stereocenters. The SMILES string of the molecule is CCOc1cc(Nc2ccc3c(c2)OCO3)ccc1N. The van der Waals surface area contributed by atoms with Gasteiger partial charge in [-0.05, 0) is 31.2 Å². The van der Waals surface area contributed by atoms with E-state index in [9.17, 15) is 0 Å². The van der Waals surface area contributed by atoms with Gasteiger partial charge in [0, 0.05) is 23.5 Å². The molecule has 0 unspecified atom stereocenters. The van der Waals surface area contributed by atoms with Crippen molar-refractivity contribution in [1.82, 2.24) is 0 Å². The van der Waals surface area contributed by atoms with E-state index in [0.29, 0.717) is 18.0 Å². The molecule has 0 amide bonds. The van der Waals surface area contributed by atoms with E-state index in [0.717, 1.165) is 22.9 Å². The van der Waals surface area contributed by atoms with Gasteiger partial charge in [-0.25, -0.2) is 0 Å². The molecule has 0 bridgehead atoms. The van der Waals surface area contributed by atoms with Crippen molar-refractivity contribution in [3.8, 4) is 17.2 Å². The van der Waals surface area contributed by atoms with Crippen LogP contribution in [0, 0.1) is 0 Å². The second-order valence-corrected chi connectivity index (χ2v) is 4.38. The van der Waals surface area contributed by atoms with Gasteiger partial charge in [0.1, 0.15) is 5.75 Å². The van der Waals surface area contributed by atoms with Gasteiger partial charge in [0.05, 0.1) is 12.3 Å². The van der Waals surface area contributed by atoms with E-state index in [-0.39, 0.29) is 6.79 Å². The molecule has 0 radical (unpaired) electrons. The molecule has 3 N–H and O–H groups in total. The van der Waals surface area contributed by atoms with Crippen LogP contribution in [0.1, 0.15) is 6.92 Å². The van der Waals surface area contributed by atoms with Crippen LogP contribution < -0.4 is 25.3 Å².